The number of carbonyl (C=O) groups excluding carboxylic acids is 3. The Balaban J connectivity index is 2.37. The molecular weight excluding hydrogens is 367 g/mol. The zero-order chi connectivity index (χ0) is 20.7. The quantitative estimate of drug-likeness (QED) is 0.697. The third-order valence-electron chi connectivity index (χ3n) is 2.97. The molecule has 0 radical (unpaired) electrons. The standard InChI is InChI=1S/C17H22F3N3O4/c1-16(2,3)27-15(26)21-9-8-13(24)23-12-6-4-11(5-7-12)10-22-14(25)17(18,19)20/h4-7H,8-10H2,1-3H3,(H,21,26)(H,22,25)(H,23,24). The number of hydrogen-bond donors (Lipinski definition) is 3. The average Bonchev–Trinajstić information content (AvgIpc) is 2.51. The molecular formula is C17H22F3N3O4. The number of rotatable bonds is 6. The summed E-state index contributed by atoms with van der Waals surface area (Å²) >= 11 is 0. The zero-order valence-corrected chi connectivity index (χ0v) is 15.2. The van der Waals surface area contributed by atoms with Crippen molar-refractivity contribution in [2.24, 2.45) is 0 Å². The summed E-state index contributed by atoms with van der Waals surface area (Å²) in [6, 6.07) is 5.94. The molecule has 0 saturated carbocycles. The number of benzene rings is 1. The van der Waals surface area contributed by atoms with Crippen LogP contribution in [0.15, 0.2) is 24.3 Å². The van der Waals surface area contributed by atoms with E-state index in [2.05, 4.69) is 10.6 Å². The molecule has 0 saturated heterocycles. The van der Waals surface area contributed by atoms with Crippen molar-refractivity contribution in [1.29, 1.82) is 0 Å². The van der Waals surface area contributed by atoms with Gasteiger partial charge in [0.05, 0.1) is 0 Å². The van der Waals surface area contributed by atoms with Crippen molar-refractivity contribution in [2.75, 3.05) is 11.9 Å². The van der Waals surface area contributed by atoms with E-state index in [4.69, 9.17) is 4.74 Å². The smallest absolute Gasteiger partial charge is 0.444 e. The van der Waals surface area contributed by atoms with Crippen LogP contribution in [-0.4, -0.2) is 36.2 Å². The molecule has 27 heavy (non-hydrogen) atoms. The molecule has 0 aliphatic rings. The molecule has 0 atom stereocenters. The predicted molar refractivity (Wildman–Crippen MR) is 91.8 cm³/mol. The Morgan fingerprint density at radius 3 is 2.11 bits per heavy atom. The second-order valence-corrected chi connectivity index (χ2v) is 6.60. The van der Waals surface area contributed by atoms with Crippen LogP contribution in [0.4, 0.5) is 23.7 Å². The maximum absolute atomic E-state index is 12.1. The molecule has 10 heteroatoms. The van der Waals surface area contributed by atoms with Gasteiger partial charge in [0.1, 0.15) is 5.60 Å². The number of amides is 3. The fourth-order valence-electron chi connectivity index (χ4n) is 1.80. The Kier molecular flexibility index (Phi) is 7.62. The number of anilines is 1. The van der Waals surface area contributed by atoms with E-state index in [1.165, 1.54) is 24.3 Å². The molecule has 150 valence electrons. The van der Waals surface area contributed by atoms with Gasteiger partial charge in [0.15, 0.2) is 0 Å². The van der Waals surface area contributed by atoms with Gasteiger partial charge in [0.2, 0.25) is 5.91 Å². The number of nitrogens with one attached hydrogen (secondary N) is 3. The Labute approximate surface area is 154 Å². The van der Waals surface area contributed by atoms with Crippen molar-refractivity contribution in [3.05, 3.63) is 29.8 Å². The summed E-state index contributed by atoms with van der Waals surface area (Å²) in [5.74, 6) is -2.37. The van der Waals surface area contributed by atoms with Gasteiger partial charge in [0.25, 0.3) is 0 Å². The average molecular weight is 389 g/mol. The van der Waals surface area contributed by atoms with Gasteiger partial charge < -0.3 is 20.7 Å². The first-order valence-electron chi connectivity index (χ1n) is 8.07. The fourth-order valence-corrected chi connectivity index (χ4v) is 1.80. The highest BCUT2D eigenvalue weighted by molar-refractivity contribution is 5.91. The molecule has 0 fully saturated rings. The Hall–Kier alpha value is -2.78. The monoisotopic (exact) mass is 389 g/mol. The minimum Gasteiger partial charge on any atom is -0.444 e. The van der Waals surface area contributed by atoms with Gasteiger partial charge in [-0.05, 0) is 38.5 Å². The molecule has 0 aromatic heterocycles. The van der Waals surface area contributed by atoms with E-state index in [1.807, 2.05) is 0 Å². The third kappa shape index (κ3) is 9.47. The lowest BCUT2D eigenvalue weighted by Gasteiger charge is -2.19. The molecule has 3 amide bonds. The van der Waals surface area contributed by atoms with E-state index >= 15 is 0 Å². The fraction of sp³-hybridized carbons (Fsp3) is 0.471. The van der Waals surface area contributed by atoms with E-state index in [1.54, 1.807) is 26.1 Å². The summed E-state index contributed by atoms with van der Waals surface area (Å²) in [6.45, 7) is 4.96. The minimum atomic E-state index is -4.93. The highest BCUT2D eigenvalue weighted by Gasteiger charge is 2.38. The first-order valence-corrected chi connectivity index (χ1v) is 8.07. The number of halogens is 3. The van der Waals surface area contributed by atoms with Gasteiger partial charge >= 0.3 is 18.2 Å². The molecule has 3 N–H and O–H groups in total. The molecule has 0 aliphatic heterocycles. The van der Waals surface area contributed by atoms with Crippen LogP contribution in [0, 0.1) is 0 Å². The molecule has 1 aromatic carbocycles. The lowest BCUT2D eigenvalue weighted by atomic mass is 10.2. The first-order chi connectivity index (χ1) is 12.4. The molecule has 7 nitrogen and oxygen atoms in total. The molecule has 0 bridgehead atoms. The van der Waals surface area contributed by atoms with Crippen molar-refractivity contribution < 1.29 is 32.3 Å². The van der Waals surface area contributed by atoms with Gasteiger partial charge in [-0.25, -0.2) is 4.79 Å². The second kappa shape index (κ2) is 9.24. The predicted octanol–water partition coefficient (Wildman–Crippen LogP) is 2.72. The number of carbonyl (C=O) groups is 3. The summed E-state index contributed by atoms with van der Waals surface area (Å²) in [4.78, 5) is 34.0. The molecule has 0 heterocycles. The van der Waals surface area contributed by atoms with E-state index in [0.29, 0.717) is 11.3 Å². The van der Waals surface area contributed by atoms with Gasteiger partial charge in [-0.3, -0.25) is 9.59 Å². The van der Waals surface area contributed by atoms with Gasteiger partial charge in [0, 0.05) is 25.2 Å². The van der Waals surface area contributed by atoms with Gasteiger partial charge in [-0.2, -0.15) is 13.2 Å². The highest BCUT2D eigenvalue weighted by Crippen LogP contribution is 2.15. The number of alkyl carbamates (subject to hydrolysis) is 1. The van der Waals surface area contributed by atoms with Crippen LogP contribution < -0.4 is 16.0 Å². The van der Waals surface area contributed by atoms with Crippen LogP contribution in [0.2, 0.25) is 0 Å². The summed E-state index contributed by atoms with van der Waals surface area (Å²) in [7, 11) is 0. The molecule has 0 unspecified atom stereocenters. The maximum atomic E-state index is 12.1. The lowest BCUT2D eigenvalue weighted by Crippen LogP contribution is -2.36. The van der Waals surface area contributed by atoms with Crippen molar-refractivity contribution in [2.45, 2.75) is 45.5 Å². The Morgan fingerprint density at radius 2 is 1.59 bits per heavy atom. The van der Waals surface area contributed by atoms with E-state index in [0.717, 1.165) is 0 Å². The molecule has 0 aliphatic carbocycles. The number of ether oxygens (including phenoxy) is 1. The Morgan fingerprint density at radius 1 is 1.00 bits per heavy atom. The summed E-state index contributed by atoms with van der Waals surface area (Å²) in [6.07, 6.45) is -5.54. The summed E-state index contributed by atoms with van der Waals surface area (Å²) < 4.78 is 41.3. The van der Waals surface area contributed by atoms with E-state index < -0.39 is 23.8 Å². The molecule has 1 rings (SSSR count). The van der Waals surface area contributed by atoms with Crippen molar-refractivity contribution in [3.8, 4) is 0 Å². The third-order valence-corrected chi connectivity index (χ3v) is 2.97. The van der Waals surface area contributed by atoms with Crippen LogP contribution in [0.5, 0.6) is 0 Å². The zero-order valence-electron chi connectivity index (χ0n) is 15.2. The van der Waals surface area contributed by atoms with Gasteiger partial charge in [-0.1, -0.05) is 12.1 Å². The largest absolute Gasteiger partial charge is 0.471 e. The topological polar surface area (TPSA) is 96.5 Å². The summed E-state index contributed by atoms with van der Waals surface area (Å²) in [5, 5.41) is 6.78. The second-order valence-electron chi connectivity index (χ2n) is 6.60. The van der Waals surface area contributed by atoms with Gasteiger partial charge in [-0.15, -0.1) is 0 Å². The number of alkyl halides is 3. The van der Waals surface area contributed by atoms with Crippen LogP contribution >= 0.6 is 0 Å². The number of hydrogen-bond acceptors (Lipinski definition) is 4. The van der Waals surface area contributed by atoms with Crippen molar-refractivity contribution >= 4 is 23.6 Å². The molecule has 0 spiro atoms. The van der Waals surface area contributed by atoms with E-state index in [9.17, 15) is 27.6 Å². The summed E-state index contributed by atoms with van der Waals surface area (Å²) in [5.41, 5.74) is 0.244. The normalized spacial score (nSPS) is 11.5. The lowest BCUT2D eigenvalue weighted by molar-refractivity contribution is -0.173. The Bertz CT molecular complexity index is 667. The van der Waals surface area contributed by atoms with Crippen LogP contribution in [0.1, 0.15) is 32.8 Å². The van der Waals surface area contributed by atoms with Crippen LogP contribution in [0.3, 0.4) is 0 Å². The van der Waals surface area contributed by atoms with E-state index in [-0.39, 0.29) is 25.4 Å². The van der Waals surface area contributed by atoms with Crippen molar-refractivity contribution in [3.63, 3.8) is 0 Å². The molecule has 1 aromatic rings. The SMILES string of the molecule is CC(C)(C)OC(=O)NCCC(=O)Nc1ccc(CNC(=O)C(F)(F)F)cc1. The van der Waals surface area contributed by atoms with Crippen LogP contribution in [0.25, 0.3) is 0 Å². The highest BCUT2D eigenvalue weighted by atomic mass is 19.4. The van der Waals surface area contributed by atoms with Crippen LogP contribution in [-0.2, 0) is 20.9 Å². The first kappa shape index (κ1) is 22.3. The minimum absolute atomic E-state index is 0.0165. The van der Waals surface area contributed by atoms with Crippen molar-refractivity contribution in [1.82, 2.24) is 10.6 Å². The maximum Gasteiger partial charge on any atom is 0.471 e.